The fourth-order valence-corrected chi connectivity index (χ4v) is 1.84. The van der Waals surface area contributed by atoms with Crippen molar-refractivity contribution < 1.29 is 18.3 Å². The van der Waals surface area contributed by atoms with Crippen LogP contribution in [-0.4, -0.2) is 23.0 Å². The van der Waals surface area contributed by atoms with Gasteiger partial charge < -0.3 is 16.2 Å². The highest BCUT2D eigenvalue weighted by molar-refractivity contribution is 5.79. The van der Waals surface area contributed by atoms with Crippen LogP contribution in [0.25, 0.3) is 0 Å². The van der Waals surface area contributed by atoms with Crippen LogP contribution in [0.3, 0.4) is 0 Å². The monoisotopic (exact) mass is 259 g/mol. The zero-order chi connectivity index (χ0) is 13.4. The molecule has 1 aliphatic rings. The van der Waals surface area contributed by atoms with Gasteiger partial charge in [-0.05, 0) is 5.56 Å². The summed E-state index contributed by atoms with van der Waals surface area (Å²) in [6, 6.07) is 7.59. The fourth-order valence-electron chi connectivity index (χ4n) is 1.84. The Morgan fingerprint density at radius 2 is 1.94 bits per heavy atom. The summed E-state index contributed by atoms with van der Waals surface area (Å²) in [4.78, 5) is 3.88. The Balaban J connectivity index is 2.33. The van der Waals surface area contributed by atoms with E-state index in [-0.39, 0.29) is 0 Å². The number of nitrogens with zero attached hydrogens (tertiary/aromatic N) is 1. The number of aliphatic imine (C=N–C) groups is 1. The quantitative estimate of drug-likeness (QED) is 0.711. The van der Waals surface area contributed by atoms with Crippen LogP contribution in [0.1, 0.15) is 18.0 Å². The lowest BCUT2D eigenvalue weighted by molar-refractivity contribution is -0.272. The number of aliphatic hydroxyl groups is 1. The van der Waals surface area contributed by atoms with Crippen molar-refractivity contribution in [2.24, 2.45) is 10.7 Å². The molecule has 0 unspecified atom stereocenters. The standard InChI is InChI=1S/C11H12F3N3O/c12-11(13,14)10(18)6-8(16-9(15)17-10)7-4-2-1-3-5-7/h1-5,8,18H,6H2,(H3,15,16,17)/t8-,10+/m0/s1. The molecular weight excluding hydrogens is 247 g/mol. The molecule has 1 aromatic carbocycles. The zero-order valence-electron chi connectivity index (χ0n) is 9.28. The summed E-state index contributed by atoms with van der Waals surface area (Å²) in [6.07, 6.45) is -5.43. The van der Waals surface area contributed by atoms with Gasteiger partial charge >= 0.3 is 6.18 Å². The smallest absolute Gasteiger partial charge is 0.370 e. The number of benzene rings is 1. The van der Waals surface area contributed by atoms with Gasteiger partial charge in [0.1, 0.15) is 0 Å². The Kier molecular flexibility index (Phi) is 2.94. The molecule has 0 spiro atoms. The number of halogens is 3. The Morgan fingerprint density at radius 1 is 1.33 bits per heavy atom. The third-order valence-corrected chi connectivity index (χ3v) is 2.77. The number of nitrogens with two attached hydrogens (primary N) is 1. The summed E-state index contributed by atoms with van der Waals surface area (Å²) < 4.78 is 38.3. The largest absolute Gasteiger partial charge is 0.436 e. The molecule has 2 rings (SSSR count). The van der Waals surface area contributed by atoms with Crippen LogP contribution >= 0.6 is 0 Å². The minimum absolute atomic E-state index is 0.421. The van der Waals surface area contributed by atoms with Crippen LogP contribution in [0.2, 0.25) is 0 Å². The first-order valence-electron chi connectivity index (χ1n) is 5.27. The number of nitrogens with one attached hydrogen (secondary N) is 1. The third kappa shape index (κ3) is 2.26. The second-order valence-corrected chi connectivity index (χ2v) is 4.13. The summed E-state index contributed by atoms with van der Waals surface area (Å²) in [5, 5.41) is 11.4. The van der Waals surface area contributed by atoms with E-state index in [2.05, 4.69) is 4.99 Å². The SMILES string of the molecule is NC1=N[C@H](c2ccccc2)C[C@@](O)(C(F)(F)F)N1. The van der Waals surface area contributed by atoms with Crippen molar-refractivity contribution in [3.05, 3.63) is 35.9 Å². The molecule has 1 aromatic rings. The highest BCUT2D eigenvalue weighted by Crippen LogP contribution is 2.38. The van der Waals surface area contributed by atoms with Crippen LogP contribution in [0, 0.1) is 0 Å². The lowest BCUT2D eigenvalue weighted by atomic mass is 9.95. The fraction of sp³-hybridized carbons (Fsp3) is 0.364. The molecule has 2 atom stereocenters. The van der Waals surface area contributed by atoms with Gasteiger partial charge in [0, 0.05) is 6.42 Å². The molecule has 0 saturated carbocycles. The van der Waals surface area contributed by atoms with Crippen molar-refractivity contribution in [3.8, 4) is 0 Å². The van der Waals surface area contributed by atoms with E-state index in [1.165, 1.54) is 0 Å². The average Bonchev–Trinajstić information content (AvgIpc) is 2.27. The summed E-state index contributed by atoms with van der Waals surface area (Å²) in [5.41, 5.74) is 2.85. The highest BCUT2D eigenvalue weighted by atomic mass is 19.4. The molecule has 0 radical (unpaired) electrons. The zero-order valence-corrected chi connectivity index (χ0v) is 9.28. The van der Waals surface area contributed by atoms with Gasteiger partial charge in [-0.3, -0.25) is 0 Å². The molecule has 4 N–H and O–H groups in total. The van der Waals surface area contributed by atoms with Crippen LogP contribution in [0.4, 0.5) is 13.2 Å². The van der Waals surface area contributed by atoms with Crippen molar-refractivity contribution in [3.63, 3.8) is 0 Å². The van der Waals surface area contributed by atoms with E-state index in [4.69, 9.17) is 5.73 Å². The number of hydrogen-bond acceptors (Lipinski definition) is 4. The van der Waals surface area contributed by atoms with Crippen molar-refractivity contribution in [1.82, 2.24) is 5.32 Å². The Labute approximate surface area is 101 Å². The lowest BCUT2D eigenvalue weighted by Gasteiger charge is -2.37. The third-order valence-electron chi connectivity index (χ3n) is 2.77. The van der Waals surface area contributed by atoms with Crippen molar-refractivity contribution in [2.75, 3.05) is 0 Å². The Bertz CT molecular complexity index is 460. The van der Waals surface area contributed by atoms with Crippen LogP contribution < -0.4 is 11.1 Å². The van der Waals surface area contributed by atoms with Crippen LogP contribution in [-0.2, 0) is 0 Å². The molecule has 98 valence electrons. The molecule has 0 aliphatic carbocycles. The van der Waals surface area contributed by atoms with E-state index in [1.54, 1.807) is 35.6 Å². The van der Waals surface area contributed by atoms with Gasteiger partial charge in [-0.25, -0.2) is 4.99 Å². The van der Waals surface area contributed by atoms with Crippen LogP contribution in [0.5, 0.6) is 0 Å². The number of rotatable bonds is 1. The molecule has 7 heteroatoms. The van der Waals surface area contributed by atoms with Gasteiger partial charge in [-0.1, -0.05) is 30.3 Å². The minimum atomic E-state index is -4.82. The van der Waals surface area contributed by atoms with Gasteiger partial charge in [-0.2, -0.15) is 13.2 Å². The molecule has 0 amide bonds. The molecule has 1 heterocycles. The molecule has 1 aliphatic heterocycles. The van der Waals surface area contributed by atoms with Crippen molar-refractivity contribution >= 4 is 5.96 Å². The summed E-state index contributed by atoms with van der Waals surface area (Å²) >= 11 is 0. The number of guanidine groups is 1. The maximum Gasteiger partial charge on any atom is 0.436 e. The highest BCUT2D eigenvalue weighted by Gasteiger charge is 2.56. The lowest BCUT2D eigenvalue weighted by Crippen LogP contribution is -2.63. The maximum absolute atomic E-state index is 12.8. The van der Waals surface area contributed by atoms with Gasteiger partial charge in [0.05, 0.1) is 6.04 Å². The molecule has 0 aromatic heterocycles. The number of hydrogen-bond donors (Lipinski definition) is 3. The molecular formula is C11H12F3N3O. The summed E-state index contributed by atoms with van der Waals surface area (Å²) in [6.45, 7) is 0. The molecule has 0 bridgehead atoms. The molecule has 0 saturated heterocycles. The van der Waals surface area contributed by atoms with E-state index >= 15 is 0 Å². The first-order chi connectivity index (χ1) is 8.32. The first kappa shape index (κ1) is 12.7. The van der Waals surface area contributed by atoms with Gasteiger partial charge in [0.15, 0.2) is 5.96 Å². The molecule has 18 heavy (non-hydrogen) atoms. The Morgan fingerprint density at radius 3 is 2.50 bits per heavy atom. The predicted molar refractivity (Wildman–Crippen MR) is 59.6 cm³/mol. The second kappa shape index (κ2) is 4.16. The molecule has 0 fully saturated rings. The van der Waals surface area contributed by atoms with Crippen molar-refractivity contribution in [2.45, 2.75) is 24.4 Å². The summed E-state index contributed by atoms with van der Waals surface area (Å²) in [7, 11) is 0. The maximum atomic E-state index is 12.8. The van der Waals surface area contributed by atoms with Crippen LogP contribution in [0.15, 0.2) is 35.3 Å². The average molecular weight is 259 g/mol. The van der Waals surface area contributed by atoms with E-state index in [9.17, 15) is 18.3 Å². The van der Waals surface area contributed by atoms with E-state index in [1.807, 2.05) is 0 Å². The van der Waals surface area contributed by atoms with E-state index in [0.29, 0.717) is 5.56 Å². The van der Waals surface area contributed by atoms with Gasteiger partial charge in [-0.15, -0.1) is 0 Å². The minimum Gasteiger partial charge on any atom is -0.370 e. The van der Waals surface area contributed by atoms with E-state index in [0.717, 1.165) is 0 Å². The summed E-state index contributed by atoms with van der Waals surface area (Å²) in [5.74, 6) is -0.421. The normalized spacial score (nSPS) is 28.4. The van der Waals surface area contributed by atoms with Gasteiger partial charge in [0.2, 0.25) is 5.72 Å². The second-order valence-electron chi connectivity index (χ2n) is 4.13. The van der Waals surface area contributed by atoms with E-state index < -0.39 is 30.3 Å². The van der Waals surface area contributed by atoms with Crippen molar-refractivity contribution in [1.29, 1.82) is 0 Å². The topological polar surface area (TPSA) is 70.6 Å². The predicted octanol–water partition coefficient (Wildman–Crippen LogP) is 1.29. The molecule has 4 nitrogen and oxygen atoms in total. The Hall–Kier alpha value is -1.76. The first-order valence-corrected chi connectivity index (χ1v) is 5.27. The van der Waals surface area contributed by atoms with Gasteiger partial charge in [0.25, 0.3) is 0 Å². The number of alkyl halides is 3.